The van der Waals surface area contributed by atoms with Gasteiger partial charge >= 0.3 is 5.97 Å². The molecule has 27 heavy (non-hydrogen) atoms. The van der Waals surface area contributed by atoms with Gasteiger partial charge in [0.25, 0.3) is 5.91 Å². The van der Waals surface area contributed by atoms with E-state index in [-0.39, 0.29) is 39.2 Å². The highest BCUT2D eigenvalue weighted by Gasteiger charge is 2.23. The van der Waals surface area contributed by atoms with E-state index in [2.05, 4.69) is 15.5 Å². The third kappa shape index (κ3) is 3.93. The van der Waals surface area contributed by atoms with Crippen LogP contribution in [0.2, 0.25) is 10.0 Å². The number of nitrogens with one attached hydrogen (secondary N) is 1. The number of amides is 1. The molecule has 0 saturated carbocycles. The van der Waals surface area contributed by atoms with Crippen molar-refractivity contribution in [2.45, 2.75) is 6.54 Å². The molecule has 140 valence electrons. The molecular weight excluding hydrogens is 400 g/mol. The Morgan fingerprint density at radius 2 is 1.96 bits per heavy atom. The lowest BCUT2D eigenvalue weighted by atomic mass is 10.2. The average molecular weight is 412 g/mol. The van der Waals surface area contributed by atoms with Crippen LogP contribution in [0.25, 0.3) is 0 Å². The number of aryl methyl sites for hydroxylation is 1. The van der Waals surface area contributed by atoms with Crippen molar-refractivity contribution in [3.63, 3.8) is 0 Å². The van der Waals surface area contributed by atoms with E-state index in [0.29, 0.717) is 0 Å². The first kappa shape index (κ1) is 18.9. The summed E-state index contributed by atoms with van der Waals surface area (Å²) < 4.78 is 16.4. The minimum absolute atomic E-state index is 0.00887. The van der Waals surface area contributed by atoms with Crippen molar-refractivity contribution in [2.75, 3.05) is 5.32 Å². The highest BCUT2D eigenvalue weighted by atomic mass is 35.5. The third-order valence-corrected chi connectivity index (χ3v) is 4.24. The molecule has 8 nitrogen and oxygen atoms in total. The molecule has 0 radical (unpaired) electrons. The Balaban J connectivity index is 1.83. The largest absolute Gasteiger partial charge is 0.478 e. The van der Waals surface area contributed by atoms with Gasteiger partial charge in [-0.3, -0.25) is 14.2 Å². The Bertz CT molecular complexity index is 1030. The van der Waals surface area contributed by atoms with Crippen molar-refractivity contribution in [3.8, 4) is 0 Å². The van der Waals surface area contributed by atoms with Crippen molar-refractivity contribution < 1.29 is 19.1 Å². The molecule has 0 spiro atoms. The lowest BCUT2D eigenvalue weighted by Crippen LogP contribution is -2.17. The highest BCUT2D eigenvalue weighted by Crippen LogP contribution is 2.24. The van der Waals surface area contributed by atoms with Gasteiger partial charge in [-0.25, -0.2) is 9.18 Å². The molecule has 0 fully saturated rings. The first-order valence-corrected chi connectivity index (χ1v) is 8.26. The topological polar surface area (TPSA) is 102 Å². The van der Waals surface area contributed by atoms with Crippen molar-refractivity contribution in [2.24, 2.45) is 7.05 Å². The van der Waals surface area contributed by atoms with Crippen LogP contribution in [0.5, 0.6) is 0 Å². The Kier molecular flexibility index (Phi) is 5.15. The van der Waals surface area contributed by atoms with Crippen molar-refractivity contribution in [3.05, 3.63) is 63.3 Å². The molecule has 0 aliphatic carbocycles. The molecule has 0 unspecified atom stereocenters. The summed E-state index contributed by atoms with van der Waals surface area (Å²) in [5.41, 5.74) is -0.328. The summed E-state index contributed by atoms with van der Waals surface area (Å²) in [6.45, 7) is -0.00887. The number of carbonyl (C=O) groups is 2. The lowest BCUT2D eigenvalue weighted by Gasteiger charge is -2.06. The average Bonchev–Trinajstić information content (AvgIpc) is 3.14. The molecule has 2 heterocycles. The second-order valence-corrected chi connectivity index (χ2v) is 6.36. The second kappa shape index (κ2) is 7.37. The van der Waals surface area contributed by atoms with Gasteiger partial charge in [0.1, 0.15) is 16.4 Å². The molecule has 0 saturated heterocycles. The van der Waals surface area contributed by atoms with E-state index in [0.717, 1.165) is 0 Å². The first-order valence-electron chi connectivity index (χ1n) is 7.50. The van der Waals surface area contributed by atoms with Gasteiger partial charge in [0.2, 0.25) is 0 Å². The highest BCUT2D eigenvalue weighted by molar-refractivity contribution is 6.33. The number of hydrogen-bond donors (Lipinski definition) is 2. The minimum Gasteiger partial charge on any atom is -0.478 e. The van der Waals surface area contributed by atoms with Crippen LogP contribution in [0, 0.1) is 5.82 Å². The zero-order valence-corrected chi connectivity index (χ0v) is 15.3. The standard InChI is InChI=1S/C16H12Cl2FN5O3/c1-23-5-9(16(26)27)13(21-23)15(25)20-14-11(18)7-24(22-14)6-8-10(17)3-2-4-12(8)19/h2-5,7H,6H2,1H3,(H,26,27)(H,20,22,25). The van der Waals surface area contributed by atoms with E-state index in [1.54, 1.807) is 6.07 Å². The van der Waals surface area contributed by atoms with Gasteiger partial charge in [0, 0.05) is 30.0 Å². The SMILES string of the molecule is Cn1cc(C(=O)O)c(C(=O)Nc2nn(Cc3c(F)cccc3Cl)cc2Cl)n1. The van der Waals surface area contributed by atoms with Crippen LogP contribution >= 0.6 is 23.2 Å². The molecule has 11 heteroatoms. The van der Waals surface area contributed by atoms with Crippen LogP contribution in [0.1, 0.15) is 26.4 Å². The predicted molar refractivity (Wildman–Crippen MR) is 95.9 cm³/mol. The van der Waals surface area contributed by atoms with Crippen LogP contribution in [-0.4, -0.2) is 36.5 Å². The number of aromatic nitrogens is 4. The Morgan fingerprint density at radius 3 is 2.63 bits per heavy atom. The normalized spacial score (nSPS) is 10.8. The minimum atomic E-state index is -1.29. The summed E-state index contributed by atoms with van der Waals surface area (Å²) >= 11 is 12.1. The fourth-order valence-corrected chi connectivity index (χ4v) is 2.81. The second-order valence-electron chi connectivity index (χ2n) is 5.55. The van der Waals surface area contributed by atoms with Crippen LogP contribution < -0.4 is 5.32 Å². The van der Waals surface area contributed by atoms with Gasteiger partial charge in [-0.2, -0.15) is 10.2 Å². The van der Waals surface area contributed by atoms with Crippen LogP contribution in [0.3, 0.4) is 0 Å². The molecule has 1 amide bonds. The number of nitrogens with zero attached hydrogens (tertiary/aromatic N) is 4. The maximum atomic E-state index is 13.9. The van der Waals surface area contributed by atoms with E-state index < -0.39 is 17.7 Å². The fraction of sp³-hybridized carbons (Fsp3) is 0.125. The van der Waals surface area contributed by atoms with Gasteiger partial charge in [-0.05, 0) is 12.1 Å². The van der Waals surface area contributed by atoms with Gasteiger partial charge in [-0.15, -0.1) is 0 Å². The van der Waals surface area contributed by atoms with Crippen molar-refractivity contribution >= 4 is 40.9 Å². The zero-order chi connectivity index (χ0) is 19.7. The number of carboxylic acid groups (broad SMARTS) is 1. The third-order valence-electron chi connectivity index (χ3n) is 3.61. The van der Waals surface area contributed by atoms with Crippen LogP contribution in [0.4, 0.5) is 10.2 Å². The molecule has 0 bridgehead atoms. The van der Waals surface area contributed by atoms with E-state index in [1.165, 1.54) is 40.9 Å². The van der Waals surface area contributed by atoms with Crippen LogP contribution in [0.15, 0.2) is 30.6 Å². The summed E-state index contributed by atoms with van der Waals surface area (Å²) in [6, 6.07) is 4.29. The van der Waals surface area contributed by atoms with Gasteiger partial charge < -0.3 is 10.4 Å². The molecule has 2 N–H and O–H groups in total. The zero-order valence-electron chi connectivity index (χ0n) is 13.8. The number of anilines is 1. The van der Waals surface area contributed by atoms with Gasteiger partial charge in [-0.1, -0.05) is 29.3 Å². The molecule has 3 rings (SSSR count). The predicted octanol–water partition coefficient (Wildman–Crippen LogP) is 3.06. The number of rotatable bonds is 5. The molecule has 0 aliphatic rings. The van der Waals surface area contributed by atoms with E-state index >= 15 is 0 Å². The van der Waals surface area contributed by atoms with Crippen molar-refractivity contribution in [1.29, 1.82) is 0 Å². The van der Waals surface area contributed by atoms with E-state index in [4.69, 9.17) is 28.3 Å². The summed E-state index contributed by atoms with van der Waals surface area (Å²) in [7, 11) is 1.49. The number of carboxylic acids is 1. The summed E-state index contributed by atoms with van der Waals surface area (Å²) in [4.78, 5) is 23.5. The molecule has 0 atom stereocenters. The molecular formula is C16H12Cl2FN5O3. The molecule has 2 aromatic heterocycles. The Morgan fingerprint density at radius 1 is 1.22 bits per heavy atom. The maximum absolute atomic E-state index is 13.9. The van der Waals surface area contributed by atoms with E-state index in [9.17, 15) is 14.0 Å². The number of benzene rings is 1. The number of aromatic carboxylic acids is 1. The van der Waals surface area contributed by atoms with Gasteiger partial charge in [0.15, 0.2) is 11.5 Å². The summed E-state index contributed by atoms with van der Waals surface area (Å²) in [5.74, 6) is -2.60. The quantitative estimate of drug-likeness (QED) is 0.671. The van der Waals surface area contributed by atoms with Crippen LogP contribution in [-0.2, 0) is 13.6 Å². The Labute approximate surface area is 162 Å². The van der Waals surface area contributed by atoms with Gasteiger partial charge in [0.05, 0.1) is 6.54 Å². The number of halogens is 3. The number of hydrogen-bond acceptors (Lipinski definition) is 4. The maximum Gasteiger partial charge on any atom is 0.339 e. The van der Waals surface area contributed by atoms with E-state index in [1.807, 2.05) is 0 Å². The number of carbonyl (C=O) groups excluding carboxylic acids is 1. The summed E-state index contributed by atoms with van der Waals surface area (Å²) in [6.07, 6.45) is 2.59. The molecule has 3 aromatic rings. The lowest BCUT2D eigenvalue weighted by molar-refractivity contribution is 0.0692. The molecule has 1 aromatic carbocycles. The van der Waals surface area contributed by atoms with Crippen molar-refractivity contribution in [1.82, 2.24) is 19.6 Å². The smallest absolute Gasteiger partial charge is 0.339 e. The monoisotopic (exact) mass is 411 g/mol. The Hall–Kier alpha value is -2.91. The first-order chi connectivity index (χ1) is 12.8. The fourth-order valence-electron chi connectivity index (χ4n) is 2.39. The molecule has 0 aliphatic heterocycles. The summed E-state index contributed by atoms with van der Waals surface area (Å²) in [5, 5.41) is 19.8.